The number of benzene rings is 2. The van der Waals surface area contributed by atoms with E-state index < -0.39 is 23.9 Å². The highest BCUT2D eigenvalue weighted by molar-refractivity contribution is 6.03. The topological polar surface area (TPSA) is 124 Å². The van der Waals surface area contributed by atoms with Crippen LogP contribution in [0.2, 0.25) is 0 Å². The van der Waals surface area contributed by atoms with E-state index in [9.17, 15) is 13.6 Å². The molecule has 0 fully saturated rings. The fourth-order valence-electron chi connectivity index (χ4n) is 2.94. The third kappa shape index (κ3) is 7.56. The fourth-order valence-corrected chi connectivity index (χ4v) is 2.94. The first kappa shape index (κ1) is 25.2. The van der Waals surface area contributed by atoms with Crippen LogP contribution in [0.3, 0.4) is 0 Å². The highest BCUT2D eigenvalue weighted by atomic mass is 19.1. The van der Waals surface area contributed by atoms with E-state index in [0.29, 0.717) is 12.2 Å². The molecule has 0 heterocycles. The zero-order chi connectivity index (χ0) is 23.7. The number of halogens is 2. The van der Waals surface area contributed by atoms with E-state index in [0.717, 1.165) is 6.07 Å². The SMILES string of the molecule is COC[C@H](C)N/C(=N/C(=O)c1ccc(OC)cc1F)NC(N)CC(N)c1ccc(F)cc1. The number of hydrogen-bond donors (Lipinski definition) is 4. The number of carbonyl (C=O) groups is 1. The van der Waals surface area contributed by atoms with Crippen LogP contribution in [0.15, 0.2) is 47.5 Å². The Morgan fingerprint density at radius 2 is 1.78 bits per heavy atom. The molecule has 0 spiro atoms. The van der Waals surface area contributed by atoms with E-state index >= 15 is 0 Å². The minimum Gasteiger partial charge on any atom is -0.497 e. The number of methoxy groups -OCH3 is 2. The second kappa shape index (κ2) is 12.1. The van der Waals surface area contributed by atoms with E-state index in [1.165, 1.54) is 38.5 Å². The molecule has 0 aromatic heterocycles. The molecule has 0 saturated carbocycles. The number of guanidine groups is 1. The first-order chi connectivity index (χ1) is 15.2. The molecule has 2 aromatic carbocycles. The zero-order valence-corrected chi connectivity index (χ0v) is 18.3. The summed E-state index contributed by atoms with van der Waals surface area (Å²) in [6, 6.07) is 8.95. The summed E-state index contributed by atoms with van der Waals surface area (Å²) in [5.74, 6) is -1.60. The minimum atomic E-state index is -0.806. The van der Waals surface area contributed by atoms with Gasteiger partial charge < -0.3 is 31.6 Å². The summed E-state index contributed by atoms with van der Waals surface area (Å²) in [4.78, 5) is 16.6. The number of rotatable bonds is 9. The number of nitrogens with two attached hydrogens (primary N) is 2. The van der Waals surface area contributed by atoms with Gasteiger partial charge in [-0.3, -0.25) is 4.79 Å². The van der Waals surface area contributed by atoms with Crippen molar-refractivity contribution in [3.63, 3.8) is 0 Å². The lowest BCUT2D eigenvalue weighted by molar-refractivity contribution is 0.0997. The van der Waals surface area contributed by atoms with Crippen molar-refractivity contribution in [2.45, 2.75) is 31.6 Å². The maximum absolute atomic E-state index is 14.3. The van der Waals surface area contributed by atoms with Crippen molar-refractivity contribution in [1.29, 1.82) is 0 Å². The molecule has 2 rings (SSSR count). The second-order valence-electron chi connectivity index (χ2n) is 7.26. The highest BCUT2D eigenvalue weighted by Gasteiger charge is 2.18. The number of carbonyl (C=O) groups excluding carboxylic acids is 1. The molecule has 6 N–H and O–H groups in total. The number of ether oxygens (including phenoxy) is 2. The Bertz CT molecular complexity index is 924. The number of nitrogens with zero attached hydrogens (tertiary/aromatic N) is 1. The van der Waals surface area contributed by atoms with Crippen LogP contribution in [0.5, 0.6) is 5.75 Å². The molecule has 10 heteroatoms. The Labute approximate surface area is 186 Å². The van der Waals surface area contributed by atoms with Gasteiger partial charge in [-0.1, -0.05) is 12.1 Å². The molecule has 2 unspecified atom stereocenters. The third-order valence-corrected chi connectivity index (χ3v) is 4.55. The molecule has 0 aliphatic rings. The quantitative estimate of drug-likeness (QED) is 0.262. The Balaban J connectivity index is 2.16. The van der Waals surface area contributed by atoms with Crippen LogP contribution in [-0.2, 0) is 4.74 Å². The molecule has 0 aliphatic carbocycles. The normalized spacial score (nSPS) is 14.4. The molecule has 1 amide bonds. The van der Waals surface area contributed by atoms with Gasteiger partial charge in [0.15, 0.2) is 0 Å². The van der Waals surface area contributed by atoms with Gasteiger partial charge in [0.25, 0.3) is 5.91 Å². The van der Waals surface area contributed by atoms with Crippen molar-refractivity contribution < 1.29 is 23.0 Å². The van der Waals surface area contributed by atoms with Crippen LogP contribution in [-0.4, -0.2) is 44.9 Å². The van der Waals surface area contributed by atoms with E-state index in [1.54, 1.807) is 12.1 Å². The lowest BCUT2D eigenvalue weighted by Gasteiger charge is -2.23. The first-order valence-electron chi connectivity index (χ1n) is 9.98. The van der Waals surface area contributed by atoms with E-state index in [2.05, 4.69) is 15.6 Å². The van der Waals surface area contributed by atoms with Gasteiger partial charge in [0.2, 0.25) is 5.96 Å². The summed E-state index contributed by atoms with van der Waals surface area (Å²) in [5, 5.41) is 5.89. The largest absolute Gasteiger partial charge is 0.497 e. The van der Waals surface area contributed by atoms with E-state index in [1.807, 2.05) is 6.92 Å². The minimum absolute atomic E-state index is 0.0496. The predicted octanol–water partition coefficient (Wildman–Crippen LogP) is 2.06. The van der Waals surface area contributed by atoms with Gasteiger partial charge >= 0.3 is 0 Å². The summed E-state index contributed by atoms with van der Waals surface area (Å²) < 4.78 is 37.4. The number of hydrogen-bond acceptors (Lipinski definition) is 5. The van der Waals surface area contributed by atoms with Crippen molar-refractivity contribution >= 4 is 11.9 Å². The maximum Gasteiger partial charge on any atom is 0.283 e. The Morgan fingerprint density at radius 3 is 2.38 bits per heavy atom. The highest BCUT2D eigenvalue weighted by Crippen LogP contribution is 2.17. The predicted molar refractivity (Wildman–Crippen MR) is 118 cm³/mol. The smallest absolute Gasteiger partial charge is 0.283 e. The third-order valence-electron chi connectivity index (χ3n) is 4.55. The fraction of sp³-hybridized carbons (Fsp3) is 0.364. The van der Waals surface area contributed by atoms with Crippen molar-refractivity contribution in [2.75, 3.05) is 20.8 Å². The summed E-state index contributed by atoms with van der Waals surface area (Å²) in [6.07, 6.45) is -0.444. The standard InChI is InChI=1S/C22H29F2N5O3/c1-13(12-31-2)27-22(29-21(30)17-9-8-16(32-3)10-18(17)24)28-20(26)11-19(25)14-4-6-15(23)7-5-14/h4-10,13,19-20H,11-12,25-26H2,1-3H3,(H2,27,28,29,30)/t13-,19?,20?/m0/s1. The van der Waals surface area contributed by atoms with Crippen molar-refractivity contribution in [3.8, 4) is 5.75 Å². The molecule has 3 atom stereocenters. The Kier molecular flexibility index (Phi) is 9.51. The van der Waals surface area contributed by atoms with Crippen molar-refractivity contribution in [1.82, 2.24) is 10.6 Å². The summed E-state index contributed by atoms with van der Waals surface area (Å²) in [5.41, 5.74) is 12.8. The lowest BCUT2D eigenvalue weighted by atomic mass is 10.0. The van der Waals surface area contributed by atoms with Crippen molar-refractivity contribution in [2.24, 2.45) is 16.5 Å². The van der Waals surface area contributed by atoms with Gasteiger partial charge in [-0.05, 0) is 43.2 Å². The van der Waals surface area contributed by atoms with Crippen LogP contribution in [0.4, 0.5) is 8.78 Å². The summed E-state index contributed by atoms with van der Waals surface area (Å²) >= 11 is 0. The molecular weight excluding hydrogens is 420 g/mol. The number of amides is 1. The molecule has 0 radical (unpaired) electrons. The monoisotopic (exact) mass is 449 g/mol. The van der Waals surface area contributed by atoms with Gasteiger partial charge in [-0.2, -0.15) is 4.99 Å². The number of aliphatic imine (C=N–C) groups is 1. The van der Waals surface area contributed by atoms with E-state index in [-0.39, 0.29) is 35.6 Å². The average molecular weight is 450 g/mol. The summed E-state index contributed by atoms with van der Waals surface area (Å²) in [6.45, 7) is 2.14. The first-order valence-corrected chi connectivity index (χ1v) is 9.98. The van der Waals surface area contributed by atoms with Crippen LogP contribution in [0.25, 0.3) is 0 Å². The molecule has 174 valence electrons. The zero-order valence-electron chi connectivity index (χ0n) is 18.3. The summed E-state index contributed by atoms with van der Waals surface area (Å²) in [7, 11) is 2.93. The van der Waals surface area contributed by atoms with Gasteiger partial charge in [0.1, 0.15) is 17.4 Å². The van der Waals surface area contributed by atoms with Gasteiger partial charge in [-0.25, -0.2) is 8.78 Å². The Hall–Kier alpha value is -3.08. The molecule has 0 bridgehead atoms. The Morgan fingerprint density at radius 1 is 1.09 bits per heavy atom. The van der Waals surface area contributed by atoms with Crippen LogP contribution in [0, 0.1) is 11.6 Å². The van der Waals surface area contributed by atoms with E-state index in [4.69, 9.17) is 20.9 Å². The van der Waals surface area contributed by atoms with Crippen LogP contribution >= 0.6 is 0 Å². The molecule has 0 saturated heterocycles. The van der Waals surface area contributed by atoms with Gasteiger partial charge in [-0.15, -0.1) is 0 Å². The number of nitrogens with one attached hydrogen (secondary N) is 2. The van der Waals surface area contributed by atoms with Crippen LogP contribution in [0.1, 0.15) is 35.3 Å². The average Bonchev–Trinajstić information content (AvgIpc) is 2.73. The molecule has 2 aromatic rings. The van der Waals surface area contributed by atoms with Gasteiger partial charge in [0, 0.05) is 25.3 Å². The second-order valence-corrected chi connectivity index (χ2v) is 7.26. The van der Waals surface area contributed by atoms with Gasteiger partial charge in [0.05, 0.1) is 25.4 Å². The molecular formula is C22H29F2N5O3. The molecule has 0 aliphatic heterocycles. The lowest BCUT2D eigenvalue weighted by Crippen LogP contribution is -2.52. The molecule has 32 heavy (non-hydrogen) atoms. The van der Waals surface area contributed by atoms with Crippen molar-refractivity contribution in [3.05, 3.63) is 65.2 Å². The van der Waals surface area contributed by atoms with Crippen LogP contribution < -0.4 is 26.8 Å². The maximum atomic E-state index is 14.3. The molecule has 8 nitrogen and oxygen atoms in total.